The fourth-order valence-electron chi connectivity index (χ4n) is 3.62. The van der Waals surface area contributed by atoms with Crippen molar-refractivity contribution in [2.75, 3.05) is 19.8 Å². The molecule has 1 aliphatic heterocycles. The number of carbonyl (C=O) groups is 2. The normalized spacial score (nSPS) is 12.7. The molecule has 3 aromatic rings. The topological polar surface area (TPSA) is 82.5 Å². The van der Waals surface area contributed by atoms with Gasteiger partial charge in [0.1, 0.15) is 19.0 Å². The van der Waals surface area contributed by atoms with E-state index in [9.17, 15) is 9.59 Å². The van der Waals surface area contributed by atoms with Gasteiger partial charge < -0.3 is 19.4 Å². The van der Waals surface area contributed by atoms with E-state index in [4.69, 9.17) is 9.47 Å². The number of hydrogen-bond donors (Lipinski definition) is 1. The van der Waals surface area contributed by atoms with Gasteiger partial charge in [0.05, 0.1) is 11.0 Å². The van der Waals surface area contributed by atoms with Gasteiger partial charge in [0.25, 0.3) is 0 Å². The average molecular weight is 407 g/mol. The standard InChI is InChI=1S/C23H25N3O4/c1-16-25-18-5-2-3-6-19(18)26(16)12-4-11-24-23(28)10-8-20(27)17-7-9-21-22(15-17)30-14-13-29-21/h2-3,5-7,9,15H,4,8,10-14H2,1H3,(H,24,28). The molecule has 2 aromatic carbocycles. The SMILES string of the molecule is Cc1nc2ccccc2n1CCCNC(=O)CCC(=O)c1ccc2c(c1)OCCO2. The van der Waals surface area contributed by atoms with Gasteiger partial charge >= 0.3 is 0 Å². The summed E-state index contributed by atoms with van der Waals surface area (Å²) in [6.45, 7) is 4.31. The molecule has 0 fully saturated rings. The van der Waals surface area contributed by atoms with E-state index in [0.717, 1.165) is 29.8 Å². The van der Waals surface area contributed by atoms with E-state index < -0.39 is 0 Å². The van der Waals surface area contributed by atoms with Crippen LogP contribution in [0.4, 0.5) is 0 Å². The van der Waals surface area contributed by atoms with Crippen LogP contribution in [-0.4, -0.2) is 41.0 Å². The Morgan fingerprint density at radius 1 is 1.07 bits per heavy atom. The van der Waals surface area contributed by atoms with Crippen molar-refractivity contribution in [2.45, 2.75) is 32.7 Å². The lowest BCUT2D eigenvalue weighted by Crippen LogP contribution is -2.25. The number of fused-ring (bicyclic) bond motifs is 2. The van der Waals surface area contributed by atoms with Gasteiger partial charge in [0.2, 0.25) is 5.91 Å². The van der Waals surface area contributed by atoms with Crippen molar-refractivity contribution in [1.29, 1.82) is 0 Å². The summed E-state index contributed by atoms with van der Waals surface area (Å²) in [6.07, 6.45) is 1.13. The lowest BCUT2D eigenvalue weighted by molar-refractivity contribution is -0.121. The van der Waals surface area contributed by atoms with Crippen molar-refractivity contribution in [1.82, 2.24) is 14.9 Å². The van der Waals surface area contributed by atoms with E-state index in [2.05, 4.69) is 20.9 Å². The highest BCUT2D eigenvalue weighted by molar-refractivity contribution is 5.98. The van der Waals surface area contributed by atoms with Crippen molar-refractivity contribution in [2.24, 2.45) is 0 Å². The van der Waals surface area contributed by atoms with Crippen LogP contribution in [0.1, 0.15) is 35.4 Å². The minimum Gasteiger partial charge on any atom is -0.486 e. The number of ether oxygens (including phenoxy) is 2. The fourth-order valence-corrected chi connectivity index (χ4v) is 3.62. The zero-order chi connectivity index (χ0) is 20.9. The predicted octanol–water partition coefficient (Wildman–Crippen LogP) is 3.29. The zero-order valence-electron chi connectivity index (χ0n) is 17.0. The van der Waals surface area contributed by atoms with Gasteiger partial charge in [-0.3, -0.25) is 9.59 Å². The summed E-state index contributed by atoms with van der Waals surface area (Å²) in [5.41, 5.74) is 2.62. The molecule has 0 unspecified atom stereocenters. The predicted molar refractivity (Wildman–Crippen MR) is 113 cm³/mol. The molecule has 7 nitrogen and oxygen atoms in total. The second-order valence-electron chi connectivity index (χ2n) is 7.28. The van der Waals surface area contributed by atoms with Crippen LogP contribution in [0.2, 0.25) is 0 Å². The molecular weight excluding hydrogens is 382 g/mol. The van der Waals surface area contributed by atoms with E-state index in [1.165, 1.54) is 0 Å². The van der Waals surface area contributed by atoms with E-state index in [0.29, 0.717) is 36.8 Å². The van der Waals surface area contributed by atoms with Gasteiger partial charge in [0, 0.05) is 31.5 Å². The molecule has 0 spiro atoms. The van der Waals surface area contributed by atoms with Crippen LogP contribution in [0.15, 0.2) is 42.5 Å². The van der Waals surface area contributed by atoms with Gasteiger partial charge in [0.15, 0.2) is 17.3 Å². The lowest BCUT2D eigenvalue weighted by Gasteiger charge is -2.18. The Kier molecular flexibility index (Phi) is 5.97. The highest BCUT2D eigenvalue weighted by atomic mass is 16.6. The quantitative estimate of drug-likeness (QED) is 0.458. The smallest absolute Gasteiger partial charge is 0.220 e. The van der Waals surface area contributed by atoms with Crippen LogP contribution in [0.3, 0.4) is 0 Å². The Bertz CT molecular complexity index is 1070. The van der Waals surface area contributed by atoms with Crippen LogP contribution in [-0.2, 0) is 11.3 Å². The van der Waals surface area contributed by atoms with Crippen LogP contribution in [0.5, 0.6) is 11.5 Å². The summed E-state index contributed by atoms with van der Waals surface area (Å²) in [5.74, 6) is 2.00. The Balaban J connectivity index is 1.21. The second-order valence-corrected chi connectivity index (χ2v) is 7.28. The molecule has 4 rings (SSSR count). The first-order valence-electron chi connectivity index (χ1n) is 10.2. The molecule has 1 aromatic heterocycles. The molecule has 1 aliphatic rings. The number of ketones is 1. The number of carbonyl (C=O) groups excluding carboxylic acids is 2. The van der Waals surface area contributed by atoms with Crippen molar-refractivity contribution in [3.63, 3.8) is 0 Å². The maximum Gasteiger partial charge on any atom is 0.220 e. The van der Waals surface area contributed by atoms with Crippen LogP contribution in [0, 0.1) is 6.92 Å². The van der Waals surface area contributed by atoms with Crippen molar-refractivity contribution in [3.8, 4) is 11.5 Å². The number of amides is 1. The maximum atomic E-state index is 12.4. The lowest BCUT2D eigenvalue weighted by atomic mass is 10.1. The Labute approximate surface area is 175 Å². The highest BCUT2D eigenvalue weighted by Crippen LogP contribution is 2.31. The molecule has 1 amide bonds. The molecule has 1 N–H and O–H groups in total. The summed E-state index contributed by atoms with van der Waals surface area (Å²) in [5, 5.41) is 2.90. The molecule has 0 radical (unpaired) electrons. The minimum atomic E-state index is -0.117. The van der Waals surface area contributed by atoms with Crippen LogP contribution in [0.25, 0.3) is 11.0 Å². The van der Waals surface area contributed by atoms with E-state index in [1.807, 2.05) is 25.1 Å². The zero-order valence-corrected chi connectivity index (χ0v) is 17.0. The highest BCUT2D eigenvalue weighted by Gasteiger charge is 2.16. The average Bonchev–Trinajstić information content (AvgIpc) is 3.09. The van der Waals surface area contributed by atoms with Gasteiger partial charge in [-0.1, -0.05) is 12.1 Å². The number of hydrogen-bond acceptors (Lipinski definition) is 5. The monoisotopic (exact) mass is 407 g/mol. The fraction of sp³-hybridized carbons (Fsp3) is 0.348. The molecule has 30 heavy (non-hydrogen) atoms. The van der Waals surface area contributed by atoms with E-state index in [1.54, 1.807) is 18.2 Å². The minimum absolute atomic E-state index is 0.0809. The number of rotatable bonds is 8. The molecule has 0 saturated carbocycles. The molecule has 7 heteroatoms. The summed E-state index contributed by atoms with van der Waals surface area (Å²) in [7, 11) is 0. The Morgan fingerprint density at radius 2 is 1.87 bits per heavy atom. The number of nitrogens with zero attached hydrogens (tertiary/aromatic N) is 2. The number of benzene rings is 2. The summed E-state index contributed by atoms with van der Waals surface area (Å²) < 4.78 is 13.1. The number of imidazole rings is 1. The Morgan fingerprint density at radius 3 is 2.73 bits per heavy atom. The second kappa shape index (κ2) is 8.98. The van der Waals surface area contributed by atoms with Gasteiger partial charge in [-0.05, 0) is 43.7 Å². The van der Waals surface area contributed by atoms with Crippen molar-refractivity contribution >= 4 is 22.7 Å². The van der Waals surface area contributed by atoms with Gasteiger partial charge in [-0.2, -0.15) is 0 Å². The van der Waals surface area contributed by atoms with Gasteiger partial charge in [-0.25, -0.2) is 4.98 Å². The largest absolute Gasteiger partial charge is 0.486 e. The third-order valence-electron chi connectivity index (χ3n) is 5.17. The third kappa shape index (κ3) is 4.45. The third-order valence-corrected chi connectivity index (χ3v) is 5.17. The first-order valence-corrected chi connectivity index (χ1v) is 10.2. The summed E-state index contributed by atoms with van der Waals surface area (Å²) in [4.78, 5) is 29.1. The molecule has 0 aliphatic carbocycles. The molecule has 2 heterocycles. The Hall–Kier alpha value is -3.35. The number of nitrogens with one attached hydrogen (secondary N) is 1. The molecule has 0 saturated heterocycles. The first-order chi connectivity index (χ1) is 14.6. The van der Waals surface area contributed by atoms with E-state index in [-0.39, 0.29) is 24.5 Å². The van der Waals surface area contributed by atoms with E-state index >= 15 is 0 Å². The number of aryl methyl sites for hydroxylation is 2. The molecular formula is C23H25N3O4. The summed E-state index contributed by atoms with van der Waals surface area (Å²) in [6, 6.07) is 13.2. The first kappa shape index (κ1) is 19.9. The van der Waals surface area contributed by atoms with Crippen molar-refractivity contribution in [3.05, 3.63) is 53.9 Å². The molecule has 0 atom stereocenters. The number of aromatic nitrogens is 2. The van der Waals surface area contributed by atoms with Gasteiger partial charge in [-0.15, -0.1) is 0 Å². The molecule has 156 valence electrons. The van der Waals surface area contributed by atoms with Crippen molar-refractivity contribution < 1.29 is 19.1 Å². The summed E-state index contributed by atoms with van der Waals surface area (Å²) >= 11 is 0. The maximum absolute atomic E-state index is 12.4. The van der Waals surface area contributed by atoms with Crippen LogP contribution >= 0.6 is 0 Å². The number of para-hydroxylation sites is 2. The van der Waals surface area contributed by atoms with Crippen LogP contribution < -0.4 is 14.8 Å². The number of Topliss-reactive ketones (excluding diaryl/α,β-unsaturated/α-hetero) is 1. The molecule has 0 bridgehead atoms.